The van der Waals surface area contributed by atoms with Crippen LogP contribution in [0.15, 0.2) is 12.3 Å². The molecule has 0 saturated carbocycles. The van der Waals surface area contributed by atoms with Crippen LogP contribution >= 0.6 is 0 Å². The monoisotopic (exact) mass is 284 g/mol. The molecule has 0 atom stereocenters. The number of amides is 1. The van der Waals surface area contributed by atoms with Crippen LogP contribution in [0.25, 0.3) is 0 Å². The lowest BCUT2D eigenvalue weighted by Crippen LogP contribution is -2.36. The number of aliphatic hydroxyl groups excluding tert-OH is 1. The zero-order valence-corrected chi connectivity index (χ0v) is 11.0. The van der Waals surface area contributed by atoms with Crippen molar-refractivity contribution in [3.63, 3.8) is 0 Å². The summed E-state index contributed by atoms with van der Waals surface area (Å²) in [7, 11) is 1.47. The minimum atomic E-state index is -0.701. The fourth-order valence-corrected chi connectivity index (χ4v) is 1.59. The third-order valence-electron chi connectivity index (χ3n) is 2.55. The molecule has 9 nitrogen and oxygen atoms in total. The van der Waals surface area contributed by atoms with Crippen molar-refractivity contribution in [2.75, 3.05) is 39.1 Å². The maximum atomic E-state index is 12.3. The van der Waals surface area contributed by atoms with Crippen molar-refractivity contribution in [2.24, 2.45) is 0 Å². The highest BCUT2D eigenvalue weighted by Crippen LogP contribution is 2.20. The first kappa shape index (κ1) is 15.8. The molecule has 20 heavy (non-hydrogen) atoms. The molecule has 0 aliphatic rings. The molecule has 110 valence electrons. The first-order valence-corrected chi connectivity index (χ1v) is 5.80. The third-order valence-corrected chi connectivity index (χ3v) is 2.55. The van der Waals surface area contributed by atoms with E-state index in [1.54, 1.807) is 0 Å². The zero-order valence-electron chi connectivity index (χ0n) is 11.0. The highest BCUT2D eigenvalue weighted by Gasteiger charge is 2.25. The lowest BCUT2D eigenvalue weighted by Gasteiger charge is -2.21. The number of methoxy groups -OCH3 is 1. The van der Waals surface area contributed by atoms with Gasteiger partial charge in [0.25, 0.3) is 11.6 Å². The molecule has 0 unspecified atom stereocenters. The van der Waals surface area contributed by atoms with Gasteiger partial charge in [0.1, 0.15) is 17.6 Å². The van der Waals surface area contributed by atoms with Crippen molar-refractivity contribution >= 4 is 17.4 Å². The molecule has 1 aromatic heterocycles. The second-order valence-electron chi connectivity index (χ2n) is 3.89. The number of aromatic nitrogens is 1. The smallest absolute Gasteiger partial charge is 0.300 e. The lowest BCUT2D eigenvalue weighted by atomic mass is 10.2. The largest absolute Gasteiger partial charge is 0.395 e. The van der Waals surface area contributed by atoms with Crippen LogP contribution in [0.2, 0.25) is 0 Å². The van der Waals surface area contributed by atoms with E-state index in [0.29, 0.717) is 0 Å². The molecule has 0 fully saturated rings. The van der Waals surface area contributed by atoms with Crippen molar-refractivity contribution < 1.29 is 19.6 Å². The van der Waals surface area contributed by atoms with E-state index in [1.165, 1.54) is 12.0 Å². The Hall–Kier alpha value is -2.26. The Kier molecular flexibility index (Phi) is 5.81. The van der Waals surface area contributed by atoms with Gasteiger partial charge < -0.3 is 20.5 Å². The Bertz CT molecular complexity index is 494. The molecule has 1 aromatic rings. The second kappa shape index (κ2) is 7.36. The van der Waals surface area contributed by atoms with Crippen LogP contribution in [-0.2, 0) is 4.74 Å². The number of nitrogens with zero attached hydrogens (tertiary/aromatic N) is 3. The van der Waals surface area contributed by atoms with Gasteiger partial charge in [-0.2, -0.15) is 0 Å². The molecule has 1 heterocycles. The number of nitrogen functional groups attached to an aromatic ring is 1. The zero-order chi connectivity index (χ0) is 15.1. The lowest BCUT2D eigenvalue weighted by molar-refractivity contribution is -0.385. The molecular formula is C11H16N4O5. The predicted octanol–water partition coefficient (Wildman–Crippen LogP) is -0.347. The molecule has 0 bridgehead atoms. The van der Waals surface area contributed by atoms with Crippen molar-refractivity contribution in [3.05, 3.63) is 27.9 Å². The molecule has 0 aliphatic heterocycles. The molecular weight excluding hydrogens is 268 g/mol. The van der Waals surface area contributed by atoms with E-state index >= 15 is 0 Å². The van der Waals surface area contributed by atoms with E-state index in [-0.39, 0.29) is 37.7 Å². The summed E-state index contributed by atoms with van der Waals surface area (Å²) in [5.74, 6) is -0.591. The normalized spacial score (nSPS) is 10.3. The summed E-state index contributed by atoms with van der Waals surface area (Å²) < 4.78 is 4.86. The number of carbonyl (C=O) groups is 1. The SMILES string of the molecule is COCCN(CCO)C(=O)c1cc(N)ncc1[N+](=O)[O-]. The number of rotatable bonds is 7. The fourth-order valence-electron chi connectivity index (χ4n) is 1.59. The summed E-state index contributed by atoms with van der Waals surface area (Å²) in [5.41, 5.74) is 4.87. The van der Waals surface area contributed by atoms with E-state index in [4.69, 9.17) is 15.6 Å². The average Bonchev–Trinajstić information content (AvgIpc) is 2.42. The van der Waals surface area contributed by atoms with Crippen LogP contribution < -0.4 is 5.73 Å². The summed E-state index contributed by atoms with van der Waals surface area (Å²) in [5, 5.41) is 19.9. The first-order chi connectivity index (χ1) is 9.51. The van der Waals surface area contributed by atoms with Gasteiger partial charge >= 0.3 is 0 Å². The number of ether oxygens (including phenoxy) is 1. The quantitative estimate of drug-likeness (QED) is 0.516. The number of hydrogen-bond acceptors (Lipinski definition) is 7. The number of pyridine rings is 1. The van der Waals surface area contributed by atoms with Crippen molar-refractivity contribution in [1.29, 1.82) is 0 Å². The van der Waals surface area contributed by atoms with Gasteiger partial charge in [0.2, 0.25) is 0 Å². The van der Waals surface area contributed by atoms with Crippen LogP contribution in [0.1, 0.15) is 10.4 Å². The molecule has 1 amide bonds. The summed E-state index contributed by atoms with van der Waals surface area (Å²) in [6.07, 6.45) is 0.940. The molecule has 0 aliphatic carbocycles. The number of carbonyl (C=O) groups excluding carboxylic acids is 1. The highest BCUT2D eigenvalue weighted by atomic mass is 16.6. The number of aliphatic hydroxyl groups is 1. The summed E-state index contributed by atoms with van der Waals surface area (Å²) in [4.78, 5) is 27.4. The van der Waals surface area contributed by atoms with Crippen LogP contribution in [0.4, 0.5) is 11.5 Å². The van der Waals surface area contributed by atoms with Crippen molar-refractivity contribution in [1.82, 2.24) is 9.88 Å². The fraction of sp³-hybridized carbons (Fsp3) is 0.455. The number of anilines is 1. The maximum Gasteiger partial charge on any atom is 0.300 e. The molecule has 0 saturated heterocycles. The summed E-state index contributed by atoms with van der Waals surface area (Å²) in [6, 6.07) is 1.15. The van der Waals surface area contributed by atoms with E-state index in [9.17, 15) is 14.9 Å². The van der Waals surface area contributed by atoms with E-state index < -0.39 is 16.5 Å². The Morgan fingerprint density at radius 2 is 2.30 bits per heavy atom. The number of hydrogen-bond donors (Lipinski definition) is 2. The number of nitro groups is 1. The Morgan fingerprint density at radius 1 is 1.60 bits per heavy atom. The van der Waals surface area contributed by atoms with E-state index in [0.717, 1.165) is 12.3 Å². The Balaban J connectivity index is 3.09. The molecule has 0 aromatic carbocycles. The average molecular weight is 284 g/mol. The minimum Gasteiger partial charge on any atom is -0.395 e. The van der Waals surface area contributed by atoms with Crippen LogP contribution in [0, 0.1) is 10.1 Å². The van der Waals surface area contributed by atoms with Gasteiger partial charge in [0.15, 0.2) is 0 Å². The molecule has 9 heteroatoms. The maximum absolute atomic E-state index is 12.3. The number of nitrogens with two attached hydrogens (primary N) is 1. The van der Waals surface area contributed by atoms with Crippen LogP contribution in [-0.4, -0.2) is 59.2 Å². The standard InChI is InChI=1S/C11H16N4O5/c1-20-5-3-14(2-4-16)11(17)8-6-10(12)13-7-9(8)15(18)19/h6-7,16H,2-5H2,1H3,(H2,12,13). The highest BCUT2D eigenvalue weighted by molar-refractivity contribution is 5.98. The Morgan fingerprint density at radius 3 is 2.85 bits per heavy atom. The van der Waals surface area contributed by atoms with E-state index in [1.807, 2.05) is 0 Å². The van der Waals surface area contributed by atoms with Gasteiger partial charge in [0.05, 0.1) is 18.1 Å². The van der Waals surface area contributed by atoms with Gasteiger partial charge in [0, 0.05) is 20.2 Å². The molecule has 3 N–H and O–H groups in total. The molecule has 0 spiro atoms. The topological polar surface area (TPSA) is 132 Å². The summed E-state index contributed by atoms with van der Waals surface area (Å²) >= 11 is 0. The van der Waals surface area contributed by atoms with Gasteiger partial charge in [-0.3, -0.25) is 14.9 Å². The van der Waals surface area contributed by atoms with Gasteiger partial charge in [-0.25, -0.2) is 4.98 Å². The van der Waals surface area contributed by atoms with Crippen LogP contribution in [0.3, 0.4) is 0 Å². The van der Waals surface area contributed by atoms with Gasteiger partial charge in [-0.15, -0.1) is 0 Å². The third kappa shape index (κ3) is 3.87. The second-order valence-corrected chi connectivity index (χ2v) is 3.89. The van der Waals surface area contributed by atoms with Crippen molar-refractivity contribution in [2.45, 2.75) is 0 Å². The molecule has 0 radical (unpaired) electrons. The summed E-state index contributed by atoms with van der Waals surface area (Å²) in [6.45, 7) is 0.237. The van der Waals surface area contributed by atoms with Crippen molar-refractivity contribution in [3.8, 4) is 0 Å². The Labute approximate surface area is 115 Å². The van der Waals surface area contributed by atoms with Gasteiger partial charge in [-0.05, 0) is 6.07 Å². The van der Waals surface area contributed by atoms with Crippen LogP contribution in [0.5, 0.6) is 0 Å². The van der Waals surface area contributed by atoms with Gasteiger partial charge in [-0.1, -0.05) is 0 Å². The predicted molar refractivity (Wildman–Crippen MR) is 70.2 cm³/mol. The van der Waals surface area contributed by atoms with E-state index in [2.05, 4.69) is 4.98 Å². The minimum absolute atomic E-state index is 0.00893. The first-order valence-electron chi connectivity index (χ1n) is 5.80. The molecule has 1 rings (SSSR count).